The number of aromatic amines is 2. The molecule has 0 aliphatic heterocycles. The van der Waals surface area contributed by atoms with Gasteiger partial charge in [-0.25, -0.2) is 14.8 Å². The molecule has 4 heterocycles. The van der Waals surface area contributed by atoms with E-state index >= 15 is 0 Å². The Morgan fingerprint density at radius 2 is 1.48 bits per heavy atom. The first-order chi connectivity index (χ1) is 19.6. The van der Waals surface area contributed by atoms with Gasteiger partial charge >= 0.3 is 11.9 Å². The van der Waals surface area contributed by atoms with E-state index in [9.17, 15) is 9.59 Å². The molecule has 2 atom stereocenters. The van der Waals surface area contributed by atoms with Crippen LogP contribution in [0, 0.1) is 10.8 Å². The molecule has 4 aromatic rings. The molecule has 0 saturated heterocycles. The van der Waals surface area contributed by atoms with Crippen molar-refractivity contribution in [2.75, 3.05) is 0 Å². The molecule has 0 spiro atoms. The molecule has 10 nitrogen and oxygen atoms in total. The summed E-state index contributed by atoms with van der Waals surface area (Å²) in [6.45, 7) is 14.5. The molecule has 0 unspecified atom stereocenters. The second-order valence-electron chi connectivity index (χ2n) is 12.1. The van der Waals surface area contributed by atoms with Crippen molar-refractivity contribution in [3.8, 4) is 21.1 Å². The van der Waals surface area contributed by atoms with E-state index in [0.717, 1.165) is 36.8 Å². The van der Waals surface area contributed by atoms with E-state index in [1.165, 1.54) is 0 Å². The van der Waals surface area contributed by atoms with Gasteiger partial charge in [-0.2, -0.15) is 0 Å². The fourth-order valence-electron chi connectivity index (χ4n) is 4.43. The molecular formula is C30H38N6O4S2. The van der Waals surface area contributed by atoms with Crippen molar-refractivity contribution >= 4 is 55.9 Å². The lowest BCUT2D eigenvalue weighted by Crippen LogP contribution is -2.43. The number of esters is 2. The van der Waals surface area contributed by atoms with Crippen molar-refractivity contribution in [2.45, 2.75) is 90.8 Å². The second-order valence-corrected chi connectivity index (χ2v) is 14.3. The van der Waals surface area contributed by atoms with Crippen molar-refractivity contribution in [1.29, 1.82) is 10.8 Å². The molecule has 0 aromatic carbocycles. The van der Waals surface area contributed by atoms with E-state index in [-0.39, 0.29) is 5.71 Å². The van der Waals surface area contributed by atoms with Crippen molar-refractivity contribution in [3.63, 3.8) is 0 Å². The van der Waals surface area contributed by atoms with E-state index in [4.69, 9.17) is 20.3 Å². The smallest absolute Gasteiger partial charge is 0.353 e. The number of aromatic nitrogens is 4. The Morgan fingerprint density at radius 3 is 1.98 bits per heavy atom. The minimum atomic E-state index is -1.29. The molecule has 0 saturated carbocycles. The fourth-order valence-corrected chi connectivity index (χ4v) is 6.76. The predicted molar refractivity (Wildman–Crippen MR) is 168 cm³/mol. The van der Waals surface area contributed by atoms with Crippen molar-refractivity contribution in [2.24, 2.45) is 0 Å². The quantitative estimate of drug-likeness (QED) is 0.109. The number of hydrogen-bond donors (Lipinski definition) is 4. The van der Waals surface area contributed by atoms with Crippen LogP contribution in [0.2, 0.25) is 0 Å². The maximum absolute atomic E-state index is 13.1. The summed E-state index contributed by atoms with van der Waals surface area (Å²) in [5.41, 5.74) is -1.19. The Kier molecular flexibility index (Phi) is 8.62. The number of thiophene rings is 2. The van der Waals surface area contributed by atoms with E-state index < -0.39 is 34.5 Å². The average Bonchev–Trinajstić information content (AvgIpc) is 3.67. The Hall–Kier alpha value is -3.64. The van der Waals surface area contributed by atoms with Crippen LogP contribution in [0.15, 0.2) is 24.5 Å². The Morgan fingerprint density at radius 1 is 0.929 bits per heavy atom. The molecule has 0 fully saturated rings. The Balaban J connectivity index is 1.56. The number of H-pyrrole nitrogens is 2. The number of imidazole rings is 2. The lowest BCUT2D eigenvalue weighted by atomic mass is 9.85. The van der Waals surface area contributed by atoms with E-state index in [0.29, 0.717) is 24.5 Å². The van der Waals surface area contributed by atoms with Crippen molar-refractivity contribution < 1.29 is 19.1 Å². The van der Waals surface area contributed by atoms with E-state index in [1.54, 1.807) is 76.6 Å². The number of carbonyl (C=O) groups excluding carboxylic acids is 2. The van der Waals surface area contributed by atoms with Gasteiger partial charge in [0.15, 0.2) is 5.41 Å². The third-order valence-corrected chi connectivity index (χ3v) is 8.96. The summed E-state index contributed by atoms with van der Waals surface area (Å²) in [4.78, 5) is 43.1. The van der Waals surface area contributed by atoms with Crippen LogP contribution in [-0.2, 0) is 24.5 Å². The highest BCUT2D eigenvalue weighted by Crippen LogP contribution is 2.42. The van der Waals surface area contributed by atoms with Crippen LogP contribution >= 0.6 is 22.7 Å². The Bertz CT molecular complexity index is 1600. The maximum Gasteiger partial charge on any atom is 0.353 e. The molecule has 0 aliphatic rings. The zero-order chi connectivity index (χ0) is 31.0. The number of nitrogens with one attached hydrogen (secondary N) is 4. The normalized spacial score (nSPS) is 14.4. The number of nitrogens with zero attached hydrogens (tertiary/aromatic N) is 2. The minimum absolute atomic E-state index is 0.120. The second kappa shape index (κ2) is 11.6. The van der Waals surface area contributed by atoms with Gasteiger partial charge in [-0.05, 0) is 66.5 Å². The predicted octanol–water partition coefficient (Wildman–Crippen LogP) is 7.24. The number of hydrogen-bond acceptors (Lipinski definition) is 10. The van der Waals surface area contributed by atoms with Crippen molar-refractivity contribution in [3.05, 3.63) is 36.2 Å². The summed E-state index contributed by atoms with van der Waals surface area (Å²) in [5.74, 6) is -0.694. The molecule has 4 N–H and O–H groups in total. The third-order valence-electron chi connectivity index (χ3n) is 6.60. The average molecular weight is 611 g/mol. The molecule has 4 rings (SSSR count). The molecule has 0 amide bonds. The zero-order valence-electron chi connectivity index (χ0n) is 25.2. The first-order valence-corrected chi connectivity index (χ1v) is 15.5. The molecule has 42 heavy (non-hydrogen) atoms. The first-order valence-electron chi connectivity index (χ1n) is 13.8. The maximum atomic E-state index is 13.1. The zero-order valence-corrected chi connectivity index (χ0v) is 26.9. The highest BCUT2D eigenvalue weighted by molar-refractivity contribution is 7.31. The largest absolute Gasteiger partial charge is 0.459 e. The topological polar surface area (TPSA) is 158 Å². The lowest BCUT2D eigenvalue weighted by molar-refractivity contribution is -0.159. The first kappa shape index (κ1) is 31.3. The van der Waals surface area contributed by atoms with Gasteiger partial charge in [0.25, 0.3) is 0 Å². The monoisotopic (exact) mass is 610 g/mol. The van der Waals surface area contributed by atoms with Crippen LogP contribution in [0.5, 0.6) is 0 Å². The highest BCUT2D eigenvalue weighted by atomic mass is 32.1. The van der Waals surface area contributed by atoms with Gasteiger partial charge in [-0.3, -0.25) is 10.2 Å². The minimum Gasteiger partial charge on any atom is -0.459 e. The molecule has 0 aliphatic carbocycles. The van der Waals surface area contributed by atoms with Gasteiger partial charge in [-0.15, -0.1) is 22.7 Å². The molecule has 0 radical (unpaired) electrons. The van der Waals surface area contributed by atoms with Crippen LogP contribution < -0.4 is 0 Å². The summed E-state index contributed by atoms with van der Waals surface area (Å²) in [6.07, 6.45) is 5.40. The van der Waals surface area contributed by atoms with Gasteiger partial charge in [0.1, 0.15) is 28.6 Å². The molecule has 224 valence electrons. The van der Waals surface area contributed by atoms with Crippen LogP contribution in [0.4, 0.5) is 0 Å². The number of rotatable bonds is 10. The summed E-state index contributed by atoms with van der Waals surface area (Å²) in [7, 11) is 0. The van der Waals surface area contributed by atoms with Gasteiger partial charge in [0.05, 0.1) is 39.5 Å². The molecule has 12 heteroatoms. The van der Waals surface area contributed by atoms with E-state index in [2.05, 4.69) is 32.1 Å². The van der Waals surface area contributed by atoms with Crippen LogP contribution in [0.3, 0.4) is 0 Å². The van der Waals surface area contributed by atoms with Gasteiger partial charge in [0.2, 0.25) is 0 Å². The summed E-state index contributed by atoms with van der Waals surface area (Å²) >= 11 is 3.19. The SMILES string of the molecule is CC[C@@H](C(=N)C(=O)OC(C)(C)C)c1ncc(-c2cc3sc(-c4cnc([C@@](C=N)(CC)C(=O)OC(C)(C)C)[nH]4)cc3s2)[nH]1. The standard InChI is InChI=1S/C30H38N6O4S2/c1-9-16(23(32)25(37)39-28(3,4)5)24-33-13-17(35-24)19-11-21-22(41-19)12-20(42-21)18-14-34-26(36-18)30(10-2,15-31)27(38)40-29(6,7)8/h11-16,31-32H,9-10H2,1-8H3,(H,33,35)(H,34,36)/t16-,30-/m0/s1. The van der Waals surface area contributed by atoms with Crippen molar-refractivity contribution in [1.82, 2.24) is 19.9 Å². The summed E-state index contributed by atoms with van der Waals surface area (Å²) < 4.78 is 13.2. The fraction of sp³-hybridized carbons (Fsp3) is 0.467. The lowest BCUT2D eigenvalue weighted by Gasteiger charge is -2.29. The van der Waals surface area contributed by atoms with Gasteiger partial charge in [-0.1, -0.05) is 13.8 Å². The van der Waals surface area contributed by atoms with Gasteiger partial charge in [0, 0.05) is 15.6 Å². The third kappa shape index (κ3) is 6.39. The van der Waals surface area contributed by atoms with Crippen LogP contribution in [0.1, 0.15) is 85.8 Å². The van der Waals surface area contributed by atoms with Gasteiger partial charge < -0.3 is 24.9 Å². The van der Waals surface area contributed by atoms with E-state index in [1.807, 2.05) is 13.8 Å². The Labute approximate surface area is 253 Å². The molecule has 0 bridgehead atoms. The van der Waals surface area contributed by atoms with Crippen LogP contribution in [0.25, 0.3) is 30.5 Å². The number of ether oxygens (including phenoxy) is 2. The summed E-state index contributed by atoms with van der Waals surface area (Å²) in [5, 5.41) is 16.5. The molecule has 4 aromatic heterocycles. The number of fused-ring (bicyclic) bond motifs is 1. The molecular weight excluding hydrogens is 573 g/mol. The highest BCUT2D eigenvalue weighted by Gasteiger charge is 2.43. The summed E-state index contributed by atoms with van der Waals surface area (Å²) in [6, 6.07) is 4.15. The number of carbonyl (C=O) groups is 2. The van der Waals surface area contributed by atoms with Crippen LogP contribution in [-0.4, -0.2) is 55.0 Å².